The van der Waals surface area contributed by atoms with E-state index in [1.54, 1.807) is 18.2 Å². The van der Waals surface area contributed by atoms with E-state index in [9.17, 15) is 27.2 Å². The SMILES string of the molecule is O=C(CCc1cccc2c1OCCO2)NC(CNC(=O)C(O)C(F)(F)F)c1ccccc1F. The number of alkyl halides is 3. The van der Waals surface area contributed by atoms with E-state index >= 15 is 0 Å². The predicted octanol–water partition coefficient (Wildman–Crippen LogP) is 2.43. The molecule has 0 saturated carbocycles. The van der Waals surface area contributed by atoms with Crippen molar-refractivity contribution in [2.45, 2.75) is 31.2 Å². The summed E-state index contributed by atoms with van der Waals surface area (Å²) in [5, 5.41) is 13.5. The molecule has 2 aromatic rings. The molecule has 0 bridgehead atoms. The van der Waals surface area contributed by atoms with Gasteiger partial charge in [-0.1, -0.05) is 30.3 Å². The molecule has 0 aromatic heterocycles. The van der Waals surface area contributed by atoms with Crippen molar-refractivity contribution in [1.29, 1.82) is 0 Å². The fourth-order valence-electron chi connectivity index (χ4n) is 3.29. The van der Waals surface area contributed by atoms with Gasteiger partial charge in [0.2, 0.25) is 12.0 Å². The molecule has 2 atom stereocenters. The highest BCUT2D eigenvalue weighted by Gasteiger charge is 2.43. The Bertz CT molecular complexity index is 999. The molecule has 3 N–H and O–H groups in total. The molecular formula is C22H22F4N2O5. The van der Waals surface area contributed by atoms with Crippen molar-refractivity contribution in [2.75, 3.05) is 19.8 Å². The molecule has 3 rings (SSSR count). The lowest BCUT2D eigenvalue weighted by molar-refractivity contribution is -0.205. The van der Waals surface area contributed by atoms with Gasteiger partial charge in [-0.3, -0.25) is 9.59 Å². The summed E-state index contributed by atoms with van der Waals surface area (Å²) in [6, 6.07) is 9.46. The average molecular weight is 470 g/mol. The molecule has 7 nitrogen and oxygen atoms in total. The van der Waals surface area contributed by atoms with Crippen LogP contribution in [-0.4, -0.2) is 49.0 Å². The van der Waals surface area contributed by atoms with Gasteiger partial charge < -0.3 is 25.2 Å². The first kappa shape index (κ1) is 24.3. The number of aliphatic hydroxyl groups is 1. The standard InChI is InChI=1S/C22H22F4N2O5/c23-15-6-2-1-5-14(15)16(12-27-21(31)20(30)22(24,25)26)28-18(29)9-8-13-4-3-7-17-19(13)33-11-10-32-17/h1-7,16,20,30H,8-12H2,(H,27,31)(H,28,29). The second-order valence-electron chi connectivity index (χ2n) is 7.27. The minimum Gasteiger partial charge on any atom is -0.486 e. The zero-order valence-electron chi connectivity index (χ0n) is 17.3. The summed E-state index contributed by atoms with van der Waals surface area (Å²) in [6.45, 7) is 0.224. The topological polar surface area (TPSA) is 96.9 Å². The Morgan fingerprint density at radius 1 is 1.06 bits per heavy atom. The van der Waals surface area contributed by atoms with Crippen LogP contribution in [0.3, 0.4) is 0 Å². The van der Waals surface area contributed by atoms with E-state index in [0.29, 0.717) is 24.7 Å². The number of hydrogen-bond donors (Lipinski definition) is 3. The lowest BCUT2D eigenvalue weighted by Crippen LogP contribution is -2.47. The molecule has 0 saturated heterocycles. The van der Waals surface area contributed by atoms with E-state index in [1.807, 2.05) is 5.32 Å². The summed E-state index contributed by atoms with van der Waals surface area (Å²) >= 11 is 0. The van der Waals surface area contributed by atoms with E-state index in [2.05, 4.69) is 5.32 Å². The molecule has 2 unspecified atom stereocenters. The highest BCUT2D eigenvalue weighted by atomic mass is 19.4. The maximum absolute atomic E-state index is 14.3. The summed E-state index contributed by atoms with van der Waals surface area (Å²) < 4.78 is 63.0. The van der Waals surface area contributed by atoms with Gasteiger partial charge in [0.1, 0.15) is 19.0 Å². The van der Waals surface area contributed by atoms with Gasteiger partial charge >= 0.3 is 6.18 Å². The van der Waals surface area contributed by atoms with Gasteiger partial charge in [0.05, 0.1) is 6.04 Å². The normalized spacial score (nSPS) is 14.8. The van der Waals surface area contributed by atoms with Crippen molar-refractivity contribution < 1.29 is 41.7 Å². The van der Waals surface area contributed by atoms with E-state index < -0.39 is 42.5 Å². The van der Waals surface area contributed by atoms with Gasteiger partial charge in [-0.2, -0.15) is 13.2 Å². The summed E-state index contributed by atoms with van der Waals surface area (Å²) in [7, 11) is 0. The number of ether oxygens (including phenoxy) is 2. The lowest BCUT2D eigenvalue weighted by atomic mass is 10.0. The number of benzene rings is 2. The van der Waals surface area contributed by atoms with E-state index in [0.717, 1.165) is 11.6 Å². The lowest BCUT2D eigenvalue weighted by Gasteiger charge is -2.23. The van der Waals surface area contributed by atoms with E-state index in [4.69, 9.17) is 14.6 Å². The molecule has 178 valence electrons. The van der Waals surface area contributed by atoms with Crippen LogP contribution in [0.15, 0.2) is 42.5 Å². The monoisotopic (exact) mass is 470 g/mol. The fourth-order valence-corrected chi connectivity index (χ4v) is 3.29. The molecule has 33 heavy (non-hydrogen) atoms. The average Bonchev–Trinajstić information content (AvgIpc) is 2.79. The number of carbonyl (C=O) groups is 2. The molecule has 1 aliphatic rings. The van der Waals surface area contributed by atoms with E-state index in [1.165, 1.54) is 18.2 Å². The van der Waals surface area contributed by atoms with Crippen LogP contribution in [0.5, 0.6) is 11.5 Å². The largest absolute Gasteiger partial charge is 0.486 e. The summed E-state index contributed by atoms with van der Waals surface area (Å²) in [5.74, 6) is -1.84. The summed E-state index contributed by atoms with van der Waals surface area (Å²) in [6.07, 6.45) is -8.16. The Labute approximate surface area is 186 Å². The Kier molecular flexibility index (Phi) is 7.75. The van der Waals surface area contributed by atoms with Crippen LogP contribution in [0.2, 0.25) is 0 Å². The molecular weight excluding hydrogens is 448 g/mol. The zero-order valence-corrected chi connectivity index (χ0v) is 17.3. The van der Waals surface area contributed by atoms with Crippen LogP contribution >= 0.6 is 0 Å². The number of aryl methyl sites for hydroxylation is 1. The van der Waals surface area contributed by atoms with Gasteiger partial charge in [-0.05, 0) is 24.1 Å². The van der Waals surface area contributed by atoms with Crippen molar-refractivity contribution >= 4 is 11.8 Å². The third kappa shape index (κ3) is 6.35. The van der Waals surface area contributed by atoms with Crippen molar-refractivity contribution in [1.82, 2.24) is 10.6 Å². The Morgan fingerprint density at radius 3 is 2.52 bits per heavy atom. The molecule has 0 spiro atoms. The van der Waals surface area contributed by atoms with Crippen molar-refractivity contribution in [3.8, 4) is 11.5 Å². The van der Waals surface area contributed by atoms with Crippen molar-refractivity contribution in [3.63, 3.8) is 0 Å². The second kappa shape index (κ2) is 10.5. The highest BCUT2D eigenvalue weighted by molar-refractivity contribution is 5.81. The number of amides is 2. The first-order valence-corrected chi connectivity index (χ1v) is 10.1. The molecule has 0 fully saturated rings. The number of halogens is 4. The number of fused-ring (bicyclic) bond motifs is 1. The van der Waals surface area contributed by atoms with Crippen molar-refractivity contribution in [3.05, 3.63) is 59.4 Å². The van der Waals surface area contributed by atoms with Crippen molar-refractivity contribution in [2.24, 2.45) is 0 Å². The number of carbonyl (C=O) groups excluding carboxylic acids is 2. The van der Waals surface area contributed by atoms with E-state index in [-0.39, 0.29) is 18.4 Å². The van der Waals surface area contributed by atoms with Gasteiger partial charge in [0, 0.05) is 18.5 Å². The van der Waals surface area contributed by atoms with Crippen LogP contribution in [0.4, 0.5) is 17.6 Å². The third-order valence-electron chi connectivity index (χ3n) is 4.92. The first-order valence-electron chi connectivity index (χ1n) is 10.1. The van der Waals surface area contributed by atoms with Gasteiger partial charge in [-0.25, -0.2) is 4.39 Å². The fraction of sp³-hybridized carbons (Fsp3) is 0.364. The number of aliphatic hydroxyl groups excluding tert-OH is 1. The number of rotatable bonds is 8. The Hall–Kier alpha value is -3.34. The van der Waals surface area contributed by atoms with Gasteiger partial charge in [0.25, 0.3) is 5.91 Å². The summed E-state index contributed by atoms with van der Waals surface area (Å²) in [5.41, 5.74) is 0.702. The maximum atomic E-state index is 14.3. The Morgan fingerprint density at radius 2 is 1.79 bits per heavy atom. The molecule has 2 aromatic carbocycles. The minimum atomic E-state index is -5.15. The third-order valence-corrected chi connectivity index (χ3v) is 4.92. The molecule has 0 aliphatic carbocycles. The quantitative estimate of drug-likeness (QED) is 0.515. The molecule has 2 amide bonds. The van der Waals surface area contributed by atoms with Gasteiger partial charge in [0.15, 0.2) is 11.5 Å². The predicted molar refractivity (Wildman–Crippen MR) is 108 cm³/mol. The number of nitrogens with one attached hydrogen (secondary N) is 2. The smallest absolute Gasteiger partial charge is 0.423 e. The molecule has 11 heteroatoms. The van der Waals surface area contributed by atoms with Crippen LogP contribution in [0.1, 0.15) is 23.6 Å². The molecule has 1 aliphatic heterocycles. The molecule has 0 radical (unpaired) electrons. The number of para-hydroxylation sites is 1. The van der Waals surface area contributed by atoms with Crippen LogP contribution in [-0.2, 0) is 16.0 Å². The van der Waals surface area contributed by atoms with Crippen LogP contribution in [0, 0.1) is 5.82 Å². The summed E-state index contributed by atoms with van der Waals surface area (Å²) in [4.78, 5) is 24.2. The highest BCUT2D eigenvalue weighted by Crippen LogP contribution is 2.34. The maximum Gasteiger partial charge on any atom is 0.423 e. The Balaban J connectivity index is 1.67. The molecule has 1 heterocycles. The van der Waals surface area contributed by atoms with Crippen LogP contribution in [0.25, 0.3) is 0 Å². The van der Waals surface area contributed by atoms with Gasteiger partial charge in [-0.15, -0.1) is 0 Å². The first-order chi connectivity index (χ1) is 15.7. The zero-order chi connectivity index (χ0) is 24.0. The minimum absolute atomic E-state index is 0.0264. The number of hydrogen-bond acceptors (Lipinski definition) is 5. The second-order valence-corrected chi connectivity index (χ2v) is 7.27. The van der Waals surface area contributed by atoms with Crippen LogP contribution < -0.4 is 20.1 Å².